The smallest absolute Gasteiger partial charge is 0.415 e. The van der Waals surface area contributed by atoms with Crippen molar-refractivity contribution in [2.45, 2.75) is 81.5 Å². The van der Waals surface area contributed by atoms with E-state index in [-0.39, 0.29) is 37.9 Å². The first-order valence-corrected chi connectivity index (χ1v) is 18.2. The molecule has 4 amide bonds. The average Bonchev–Trinajstić information content (AvgIpc) is 3.48. The highest BCUT2D eigenvalue weighted by Crippen LogP contribution is 2.63. The van der Waals surface area contributed by atoms with Crippen LogP contribution in [0.25, 0.3) is 0 Å². The fourth-order valence-corrected chi connectivity index (χ4v) is 8.98. The Balaban J connectivity index is 1.18. The van der Waals surface area contributed by atoms with Crippen LogP contribution in [0.15, 0.2) is 24.0 Å². The van der Waals surface area contributed by atoms with Crippen molar-refractivity contribution in [2.75, 3.05) is 46.9 Å². The van der Waals surface area contributed by atoms with Crippen LogP contribution in [0.4, 0.5) is 4.79 Å². The number of aliphatic carboxylic acids is 1. The number of methoxy groups -OCH3 is 1. The highest BCUT2D eigenvalue weighted by atomic mass is 16.6. The fourth-order valence-electron chi connectivity index (χ4n) is 8.98. The van der Waals surface area contributed by atoms with Crippen LogP contribution in [-0.2, 0) is 35.8 Å². The van der Waals surface area contributed by atoms with Crippen LogP contribution in [0.1, 0.15) is 56.6 Å². The summed E-state index contributed by atoms with van der Waals surface area (Å²) in [6.45, 7) is 1.97. The molecule has 2 unspecified atom stereocenters. The Morgan fingerprint density at radius 2 is 1.96 bits per heavy atom. The zero-order valence-corrected chi connectivity index (χ0v) is 30.4. The van der Waals surface area contributed by atoms with Gasteiger partial charge in [0, 0.05) is 43.6 Å². The highest BCUT2D eigenvalue weighted by molar-refractivity contribution is 5.90. The second-order valence-corrected chi connectivity index (χ2v) is 14.7. The summed E-state index contributed by atoms with van der Waals surface area (Å²) in [4.78, 5) is 67.3. The zero-order chi connectivity index (χ0) is 38.0. The number of nitrogens with one attached hydrogen (secondary N) is 5. The first-order valence-electron chi connectivity index (χ1n) is 18.2. The molecule has 3 aliphatic heterocycles. The molecule has 1 aromatic carbocycles. The van der Waals surface area contributed by atoms with Crippen LogP contribution in [0.5, 0.6) is 11.5 Å². The van der Waals surface area contributed by atoms with E-state index >= 15 is 0 Å². The van der Waals surface area contributed by atoms with Crippen molar-refractivity contribution in [1.82, 2.24) is 31.1 Å². The molecule has 6 rings (SSSR count). The Kier molecular flexibility index (Phi) is 11.0. The van der Waals surface area contributed by atoms with E-state index in [2.05, 4.69) is 39.3 Å². The number of hydrogen-bond donors (Lipinski definition) is 7. The Morgan fingerprint density at radius 3 is 2.68 bits per heavy atom. The second kappa shape index (κ2) is 15.5. The molecule has 1 spiro atoms. The van der Waals surface area contributed by atoms with E-state index in [1.165, 1.54) is 17.4 Å². The van der Waals surface area contributed by atoms with Crippen LogP contribution in [0.2, 0.25) is 0 Å². The quantitative estimate of drug-likeness (QED) is 0.0814. The number of benzene rings is 1. The van der Waals surface area contributed by atoms with Crippen molar-refractivity contribution < 1.29 is 43.3 Å². The number of carbonyl (C=O) groups excluding carboxylic acids is 4. The van der Waals surface area contributed by atoms with Gasteiger partial charge in [-0.2, -0.15) is 0 Å². The number of rotatable bonds is 13. The maximum atomic E-state index is 14.1. The lowest BCUT2D eigenvalue weighted by molar-refractivity contribution is -0.144. The summed E-state index contributed by atoms with van der Waals surface area (Å²) in [5, 5.41) is 27.8. The van der Waals surface area contributed by atoms with Crippen molar-refractivity contribution in [3.8, 4) is 11.5 Å². The highest BCUT2D eigenvalue weighted by Gasteiger charge is 2.65. The molecule has 17 heteroatoms. The summed E-state index contributed by atoms with van der Waals surface area (Å²) in [5.41, 5.74) is 7.30. The SMILES string of the molecule is COc1ccc2c3c1O[C@H]1C(OC(=O)N4CC(C(=O)O)CCC4CNC(=O)[C@H](CCCNC(=N)N)NC(=O)CNC(C)=O)=CC[C@H]4[C@@H](C2)N(C)CC[C@]314. The molecule has 17 nitrogen and oxygen atoms in total. The largest absolute Gasteiger partial charge is 0.493 e. The van der Waals surface area contributed by atoms with Gasteiger partial charge in [-0.25, -0.2) is 4.79 Å². The first-order chi connectivity index (χ1) is 25.3. The van der Waals surface area contributed by atoms with Gasteiger partial charge in [-0.1, -0.05) is 6.07 Å². The van der Waals surface area contributed by atoms with Gasteiger partial charge >= 0.3 is 12.1 Å². The van der Waals surface area contributed by atoms with Gasteiger partial charge in [-0.15, -0.1) is 0 Å². The number of carboxylic acids is 1. The number of guanidine groups is 1. The van der Waals surface area contributed by atoms with E-state index in [1.54, 1.807) is 7.11 Å². The van der Waals surface area contributed by atoms with Gasteiger partial charge in [-0.05, 0) is 82.2 Å². The molecular weight excluding hydrogens is 688 g/mol. The normalized spacial score (nSPS) is 27.2. The lowest BCUT2D eigenvalue weighted by atomic mass is 9.53. The standard InChI is InChI=1S/C36H50N8O9/c1-19(45)40-17-28(46)42-24(5-4-13-39-34(37)38)32(47)41-16-22-8-6-21(33(48)49)18-44(22)35(50)52-27-11-9-23-25-15-20-7-10-26(51-3)30-29(20)36(23,31(27)53-30)12-14-43(25)2/h7,10-11,21-25,31H,4-6,8-9,12-18H2,1-3H3,(H,40,45)(H,41,47)(H,42,46)(H,48,49)(H4,37,38,39)/t21?,22?,23-,24-,25+,31-,36-/m0/s1. The summed E-state index contributed by atoms with van der Waals surface area (Å²) < 4.78 is 18.6. The molecule has 2 aliphatic carbocycles. The Bertz CT molecular complexity index is 1690. The van der Waals surface area contributed by atoms with E-state index in [1.807, 2.05) is 12.1 Å². The molecule has 0 saturated carbocycles. The number of carbonyl (C=O) groups is 5. The van der Waals surface area contributed by atoms with Crippen LogP contribution in [0.3, 0.4) is 0 Å². The van der Waals surface area contributed by atoms with E-state index in [0.717, 1.165) is 24.9 Å². The minimum atomic E-state index is -1.03. The number of ether oxygens (including phenoxy) is 3. The van der Waals surface area contributed by atoms with Crippen molar-refractivity contribution >= 4 is 35.7 Å². The third-order valence-electron chi connectivity index (χ3n) is 11.6. The lowest BCUT2D eigenvalue weighted by Gasteiger charge is -2.56. The predicted octanol–water partition coefficient (Wildman–Crippen LogP) is 0.160. The molecule has 8 N–H and O–H groups in total. The van der Waals surface area contributed by atoms with E-state index in [4.69, 9.17) is 25.4 Å². The fraction of sp³-hybridized carbons (Fsp3) is 0.611. The zero-order valence-electron chi connectivity index (χ0n) is 30.4. The van der Waals surface area contributed by atoms with Gasteiger partial charge in [0.25, 0.3) is 0 Å². The minimum absolute atomic E-state index is 0.0188. The molecule has 1 aromatic rings. The van der Waals surface area contributed by atoms with Gasteiger partial charge in [0.15, 0.2) is 23.6 Å². The molecule has 5 aliphatic rings. The number of carboxylic acid groups (broad SMARTS) is 1. The minimum Gasteiger partial charge on any atom is -0.493 e. The van der Waals surface area contributed by atoms with Crippen LogP contribution < -0.4 is 36.5 Å². The number of piperidine rings is 2. The van der Waals surface area contributed by atoms with Crippen LogP contribution in [-0.4, -0.2) is 122 Å². The number of nitrogens with two attached hydrogens (primary N) is 1. The summed E-state index contributed by atoms with van der Waals surface area (Å²) >= 11 is 0. The number of allylic oxidation sites excluding steroid dienone is 1. The molecule has 53 heavy (non-hydrogen) atoms. The Hall–Kier alpha value is -5.06. The molecule has 0 aromatic heterocycles. The van der Waals surface area contributed by atoms with Crippen molar-refractivity contribution in [3.05, 3.63) is 35.1 Å². The van der Waals surface area contributed by atoms with Gasteiger partial charge in [0.2, 0.25) is 17.7 Å². The monoisotopic (exact) mass is 738 g/mol. The maximum absolute atomic E-state index is 14.1. The number of likely N-dealkylation sites (N-methyl/N-ethyl adjacent to an activating group) is 1. The number of nitrogens with zero attached hydrogens (tertiary/aromatic N) is 2. The summed E-state index contributed by atoms with van der Waals surface area (Å²) in [6, 6.07) is 2.75. The van der Waals surface area contributed by atoms with Crippen molar-refractivity contribution in [1.29, 1.82) is 5.41 Å². The van der Waals surface area contributed by atoms with Crippen LogP contribution in [0, 0.1) is 17.2 Å². The molecule has 2 saturated heterocycles. The first kappa shape index (κ1) is 37.7. The predicted molar refractivity (Wildman–Crippen MR) is 190 cm³/mol. The molecule has 0 radical (unpaired) electrons. The molecule has 7 atom stereocenters. The lowest BCUT2D eigenvalue weighted by Crippen LogP contribution is -2.63. The molecule has 3 heterocycles. The Morgan fingerprint density at radius 1 is 1.17 bits per heavy atom. The second-order valence-electron chi connectivity index (χ2n) is 14.7. The average molecular weight is 739 g/mol. The number of hydrogen-bond acceptors (Lipinski definition) is 10. The summed E-state index contributed by atoms with van der Waals surface area (Å²) in [7, 11) is 3.76. The topological polar surface area (TPSA) is 238 Å². The molecule has 288 valence electrons. The summed E-state index contributed by atoms with van der Waals surface area (Å²) in [5.74, 6) is -1.61. The van der Waals surface area contributed by atoms with Gasteiger partial charge in [-0.3, -0.25) is 24.6 Å². The van der Waals surface area contributed by atoms with E-state index < -0.39 is 59.3 Å². The third-order valence-corrected chi connectivity index (χ3v) is 11.6. The van der Waals surface area contributed by atoms with Gasteiger partial charge < -0.3 is 56.1 Å². The molecule has 2 fully saturated rings. The maximum Gasteiger partial charge on any atom is 0.415 e. The van der Waals surface area contributed by atoms with Crippen molar-refractivity contribution in [3.63, 3.8) is 0 Å². The van der Waals surface area contributed by atoms with Gasteiger partial charge in [0.1, 0.15) is 11.8 Å². The van der Waals surface area contributed by atoms with Crippen LogP contribution >= 0.6 is 0 Å². The van der Waals surface area contributed by atoms with Crippen molar-refractivity contribution in [2.24, 2.45) is 17.6 Å². The summed E-state index contributed by atoms with van der Waals surface area (Å²) in [6.07, 6.45) is 4.19. The van der Waals surface area contributed by atoms with E-state index in [0.29, 0.717) is 55.5 Å². The van der Waals surface area contributed by atoms with Gasteiger partial charge in [0.05, 0.1) is 25.6 Å². The Labute approximate surface area is 307 Å². The number of amides is 4. The molecular formula is C36H50N8O9. The van der Waals surface area contributed by atoms with E-state index in [9.17, 15) is 29.1 Å². The number of likely N-dealkylation sites (tertiary alicyclic amines) is 2. The molecule has 2 bridgehead atoms. The third kappa shape index (κ3) is 7.43.